The normalized spacial score (nSPS) is 21.5. The lowest BCUT2D eigenvalue weighted by atomic mass is 9.89. The number of methoxy groups -OCH3 is 2. The predicted octanol–water partition coefficient (Wildman–Crippen LogP) is 3.69. The van der Waals surface area contributed by atoms with Crippen LogP contribution in [0.15, 0.2) is 36.5 Å². The molecule has 1 heterocycles. The largest absolute Gasteiger partial charge is 0.379 e. The van der Waals surface area contributed by atoms with Gasteiger partial charge in [-0.1, -0.05) is 77.5 Å². The first-order valence-electron chi connectivity index (χ1n) is 15.6. The second-order valence-corrected chi connectivity index (χ2v) is 12.3. The van der Waals surface area contributed by atoms with E-state index in [9.17, 15) is 14.4 Å². The van der Waals surface area contributed by atoms with Crippen LogP contribution in [0.1, 0.15) is 66.7 Å². The van der Waals surface area contributed by atoms with E-state index in [-0.39, 0.29) is 54.0 Å². The van der Waals surface area contributed by atoms with E-state index in [4.69, 9.17) is 15.2 Å². The fraction of sp³-hybridized carbons (Fsp3) is 0.727. The lowest BCUT2D eigenvalue weighted by Gasteiger charge is -2.40. The van der Waals surface area contributed by atoms with Crippen LogP contribution in [0, 0.1) is 23.7 Å². The number of hydrogen-bond donors (Lipinski definition) is 2. The fourth-order valence-electron chi connectivity index (χ4n) is 6.15. The summed E-state index contributed by atoms with van der Waals surface area (Å²) in [6, 6.07) is -1.14. The number of rotatable bonds is 16. The van der Waals surface area contributed by atoms with Crippen molar-refractivity contribution in [3.05, 3.63) is 36.5 Å². The Bertz CT molecular complexity index is 948. The summed E-state index contributed by atoms with van der Waals surface area (Å²) in [5, 5.41) is 3.07. The van der Waals surface area contributed by atoms with Crippen molar-refractivity contribution in [1.29, 1.82) is 0 Å². The Balaban J connectivity index is 2.10. The zero-order chi connectivity index (χ0) is 31.4. The molecule has 9 nitrogen and oxygen atoms in total. The van der Waals surface area contributed by atoms with Gasteiger partial charge in [0.2, 0.25) is 17.7 Å². The summed E-state index contributed by atoms with van der Waals surface area (Å²) in [6.45, 7) is 11.0. The highest BCUT2D eigenvalue weighted by atomic mass is 16.5. The molecule has 3 N–H and O–H groups in total. The van der Waals surface area contributed by atoms with Crippen molar-refractivity contribution in [3.63, 3.8) is 0 Å². The van der Waals surface area contributed by atoms with E-state index in [1.807, 2.05) is 50.0 Å². The maximum absolute atomic E-state index is 13.8. The Morgan fingerprint density at radius 1 is 1.05 bits per heavy atom. The molecule has 0 aromatic heterocycles. The van der Waals surface area contributed by atoms with E-state index >= 15 is 0 Å². The number of amides is 3. The highest BCUT2D eigenvalue weighted by Crippen LogP contribution is 2.29. The van der Waals surface area contributed by atoms with Crippen molar-refractivity contribution >= 4 is 17.7 Å². The van der Waals surface area contributed by atoms with Gasteiger partial charge < -0.3 is 30.3 Å². The molecule has 0 radical (unpaired) electrons. The van der Waals surface area contributed by atoms with Crippen molar-refractivity contribution in [2.45, 2.75) is 97.1 Å². The van der Waals surface area contributed by atoms with Gasteiger partial charge in [0.15, 0.2) is 0 Å². The summed E-state index contributed by atoms with van der Waals surface area (Å²) < 4.78 is 11.8. The molecular weight excluding hydrogens is 532 g/mol. The molecule has 0 aromatic rings. The molecule has 1 aliphatic carbocycles. The quantitative estimate of drug-likeness (QED) is 0.284. The summed E-state index contributed by atoms with van der Waals surface area (Å²) >= 11 is 0. The highest BCUT2D eigenvalue weighted by molar-refractivity contribution is 5.82. The van der Waals surface area contributed by atoms with E-state index in [1.165, 1.54) is 0 Å². The van der Waals surface area contributed by atoms with Gasteiger partial charge in [-0.2, -0.15) is 0 Å². The molecule has 42 heavy (non-hydrogen) atoms. The number of nitrogens with zero attached hydrogens (tertiary/aromatic N) is 2. The molecule has 2 rings (SSSR count). The molecule has 3 amide bonds. The molecule has 1 saturated heterocycles. The molecule has 1 fully saturated rings. The van der Waals surface area contributed by atoms with Crippen molar-refractivity contribution in [2.75, 3.05) is 34.4 Å². The van der Waals surface area contributed by atoms with Crippen LogP contribution in [0.2, 0.25) is 0 Å². The average molecular weight is 589 g/mol. The molecule has 238 valence electrons. The number of carbonyl (C=O) groups excluding carboxylic acids is 3. The summed E-state index contributed by atoms with van der Waals surface area (Å²) in [5.41, 5.74) is 6.21. The zero-order valence-electron chi connectivity index (χ0n) is 27.1. The van der Waals surface area contributed by atoms with Gasteiger partial charge >= 0.3 is 0 Å². The molecule has 1 aliphatic heterocycles. The first kappa shape index (κ1) is 35.7. The number of carbonyl (C=O) groups is 3. The Hall–Kier alpha value is -2.49. The lowest BCUT2D eigenvalue weighted by molar-refractivity contribution is -0.146. The number of likely N-dealkylation sites (N-methyl/N-ethyl adjacent to an activating group) is 1. The van der Waals surface area contributed by atoms with Crippen molar-refractivity contribution < 1.29 is 23.9 Å². The van der Waals surface area contributed by atoms with Crippen LogP contribution >= 0.6 is 0 Å². The molecule has 1 unspecified atom stereocenters. The Morgan fingerprint density at radius 3 is 2.24 bits per heavy atom. The second-order valence-electron chi connectivity index (χ2n) is 12.3. The van der Waals surface area contributed by atoms with Crippen LogP contribution in [0.4, 0.5) is 0 Å². The van der Waals surface area contributed by atoms with Crippen LogP contribution < -0.4 is 11.1 Å². The first-order chi connectivity index (χ1) is 20.0. The van der Waals surface area contributed by atoms with Crippen LogP contribution in [0.25, 0.3) is 0 Å². The van der Waals surface area contributed by atoms with Gasteiger partial charge in [0.1, 0.15) is 0 Å². The van der Waals surface area contributed by atoms with Gasteiger partial charge in [0.05, 0.1) is 42.7 Å². The minimum atomic E-state index is -0.620. The topological polar surface area (TPSA) is 114 Å². The molecule has 7 atom stereocenters. The molecule has 0 bridgehead atoms. The minimum absolute atomic E-state index is 0.00142. The maximum Gasteiger partial charge on any atom is 0.239 e. The monoisotopic (exact) mass is 588 g/mol. The number of likely N-dealkylation sites (tertiary alicyclic amines) is 1. The molecule has 0 saturated carbocycles. The van der Waals surface area contributed by atoms with Crippen LogP contribution in [0.5, 0.6) is 0 Å². The van der Waals surface area contributed by atoms with E-state index in [0.717, 1.165) is 25.7 Å². The van der Waals surface area contributed by atoms with Gasteiger partial charge in [-0.25, -0.2) is 0 Å². The Morgan fingerprint density at radius 2 is 1.69 bits per heavy atom. The lowest BCUT2D eigenvalue weighted by Crippen LogP contribution is -2.56. The Kier molecular flexibility index (Phi) is 14.9. The highest BCUT2D eigenvalue weighted by Gasteiger charge is 2.42. The number of nitrogens with two attached hydrogens (primary N) is 1. The van der Waals surface area contributed by atoms with Gasteiger partial charge in [-0.3, -0.25) is 14.4 Å². The molecule has 0 aromatic carbocycles. The van der Waals surface area contributed by atoms with Crippen LogP contribution in [-0.4, -0.2) is 92.2 Å². The van der Waals surface area contributed by atoms with Crippen LogP contribution in [0.3, 0.4) is 0 Å². The molecular formula is C33H56N4O5. The molecule has 9 heteroatoms. The summed E-state index contributed by atoms with van der Waals surface area (Å²) in [6.07, 6.45) is 14.7. The third kappa shape index (κ3) is 9.51. The Labute approximate surface area is 253 Å². The van der Waals surface area contributed by atoms with E-state index in [1.54, 1.807) is 26.2 Å². The molecule has 2 aliphatic rings. The third-order valence-electron chi connectivity index (χ3n) is 9.09. The van der Waals surface area contributed by atoms with Gasteiger partial charge in [0, 0.05) is 34.4 Å². The van der Waals surface area contributed by atoms with E-state index < -0.39 is 24.2 Å². The number of nitrogens with one attached hydrogen (secondary N) is 1. The minimum Gasteiger partial charge on any atom is -0.379 e. The predicted molar refractivity (Wildman–Crippen MR) is 167 cm³/mol. The van der Waals surface area contributed by atoms with Crippen molar-refractivity contribution in [3.8, 4) is 0 Å². The maximum atomic E-state index is 13.8. The standard InChI is InChI=1S/C33H56N4O5/c1-9-23(4)30(36(6)33(40)29(34)22(2)3)27(41-7)21-28(38)37-20-14-17-26(37)31(42-8)24(5)32(39)35-19-18-25-15-12-10-11-13-16-25/h10-13,15-16,22-27,29-31H,9,14,17-21,34H2,1-8H3,(H,35,39)/t23-,24?,26-,27+,29-,30-,31+/m0/s1. The second kappa shape index (κ2) is 17.6. The fourth-order valence-corrected chi connectivity index (χ4v) is 6.15. The number of hydrogen-bond acceptors (Lipinski definition) is 6. The zero-order valence-corrected chi connectivity index (χ0v) is 27.1. The summed E-state index contributed by atoms with van der Waals surface area (Å²) in [7, 11) is 4.97. The van der Waals surface area contributed by atoms with Gasteiger partial charge in [-0.15, -0.1) is 0 Å². The summed E-state index contributed by atoms with van der Waals surface area (Å²) in [5.74, 6) is -0.329. The number of allylic oxidation sites excluding steroid dienone is 6. The van der Waals surface area contributed by atoms with Crippen LogP contribution in [-0.2, 0) is 23.9 Å². The SMILES string of the molecule is CC[C@H](C)[C@@H]([C@@H](CC(=O)N1CCC[C@H]1[C@H](OC)C(C)C(=O)NCCC1C=CC=CC=C1)OC)N(C)C(=O)[C@@H](N)C(C)C. The average Bonchev–Trinajstić information content (AvgIpc) is 3.31. The summed E-state index contributed by atoms with van der Waals surface area (Å²) in [4.78, 5) is 43.7. The van der Waals surface area contributed by atoms with Gasteiger partial charge in [0.25, 0.3) is 0 Å². The molecule has 0 spiro atoms. The van der Waals surface area contributed by atoms with E-state index in [0.29, 0.717) is 13.1 Å². The van der Waals surface area contributed by atoms with Crippen molar-refractivity contribution in [2.24, 2.45) is 29.4 Å². The van der Waals surface area contributed by atoms with E-state index in [2.05, 4.69) is 31.3 Å². The van der Waals surface area contributed by atoms with Gasteiger partial charge in [-0.05, 0) is 37.0 Å². The first-order valence-corrected chi connectivity index (χ1v) is 15.6. The smallest absolute Gasteiger partial charge is 0.239 e. The van der Waals surface area contributed by atoms with Crippen molar-refractivity contribution in [1.82, 2.24) is 15.1 Å². The third-order valence-corrected chi connectivity index (χ3v) is 9.09. The number of ether oxygens (including phenoxy) is 2.